The van der Waals surface area contributed by atoms with Gasteiger partial charge in [0.25, 0.3) is 0 Å². The van der Waals surface area contributed by atoms with E-state index in [-0.39, 0.29) is 11.9 Å². The molecule has 0 aliphatic carbocycles. The highest BCUT2D eigenvalue weighted by molar-refractivity contribution is 7.71. The van der Waals surface area contributed by atoms with Gasteiger partial charge in [-0.3, -0.25) is 9.47 Å². The molecule has 0 N–H and O–H groups in total. The van der Waals surface area contributed by atoms with Crippen LogP contribution in [0, 0.1) is 10.6 Å². The van der Waals surface area contributed by atoms with Crippen molar-refractivity contribution in [3.05, 3.63) is 82.2 Å². The fraction of sp³-hybridized carbons (Fsp3) is 0.250. The van der Waals surface area contributed by atoms with Crippen molar-refractivity contribution in [3.8, 4) is 22.1 Å². The Bertz CT molecular complexity index is 1280. The third kappa shape index (κ3) is 4.49. The molecule has 0 spiro atoms. The number of aromatic nitrogens is 3. The van der Waals surface area contributed by atoms with Crippen molar-refractivity contribution in [2.75, 3.05) is 26.8 Å². The number of para-hydroxylation sites is 2. The lowest BCUT2D eigenvalue weighted by Crippen LogP contribution is -2.39. The van der Waals surface area contributed by atoms with E-state index in [9.17, 15) is 4.39 Å². The summed E-state index contributed by atoms with van der Waals surface area (Å²) >= 11 is 7.51. The zero-order valence-electron chi connectivity index (χ0n) is 18.1. The Balaban J connectivity index is 1.48. The molecule has 9 heteroatoms. The molecule has 0 radical (unpaired) electrons. The Morgan fingerprint density at radius 1 is 1.15 bits per heavy atom. The standard InChI is InChI=1S/C24H23FN4O2S2/c1-30-20-6-3-2-5-19(20)29-23(22-7-4-14-33-22)26-28(24(29)32)16-27-12-13-31-21(15-27)17-8-10-18(25)11-9-17/h2-11,14,21H,12-13,15-16H2,1H3/t21-/m0/s1. The molecule has 170 valence electrons. The summed E-state index contributed by atoms with van der Waals surface area (Å²) in [6, 6.07) is 18.3. The Morgan fingerprint density at radius 3 is 2.73 bits per heavy atom. The largest absolute Gasteiger partial charge is 0.495 e. The highest BCUT2D eigenvalue weighted by atomic mass is 32.1. The molecule has 1 fully saturated rings. The molecule has 0 unspecified atom stereocenters. The summed E-state index contributed by atoms with van der Waals surface area (Å²) in [6.07, 6.45) is -0.124. The molecule has 4 aromatic rings. The molecule has 1 aliphatic heterocycles. The molecular weight excluding hydrogens is 459 g/mol. The van der Waals surface area contributed by atoms with Crippen molar-refractivity contribution in [1.29, 1.82) is 0 Å². The van der Waals surface area contributed by atoms with Gasteiger partial charge in [-0.15, -0.1) is 16.4 Å². The zero-order chi connectivity index (χ0) is 22.8. The van der Waals surface area contributed by atoms with Gasteiger partial charge in [0.15, 0.2) is 5.82 Å². The number of methoxy groups -OCH3 is 1. The lowest BCUT2D eigenvalue weighted by molar-refractivity contribution is -0.0418. The Labute approximate surface area is 200 Å². The highest BCUT2D eigenvalue weighted by Gasteiger charge is 2.24. The monoisotopic (exact) mass is 482 g/mol. The molecule has 0 bridgehead atoms. The van der Waals surface area contributed by atoms with Crippen LogP contribution in [0.5, 0.6) is 5.75 Å². The molecular formula is C24H23FN4O2S2. The summed E-state index contributed by atoms with van der Waals surface area (Å²) in [6.45, 7) is 2.54. The molecule has 1 atom stereocenters. The first-order valence-electron chi connectivity index (χ1n) is 10.6. The molecule has 6 nitrogen and oxygen atoms in total. The van der Waals surface area contributed by atoms with Gasteiger partial charge in [0, 0.05) is 13.1 Å². The molecule has 2 aromatic carbocycles. The minimum atomic E-state index is -0.249. The van der Waals surface area contributed by atoms with Gasteiger partial charge in [-0.2, -0.15) is 0 Å². The van der Waals surface area contributed by atoms with Crippen molar-refractivity contribution >= 4 is 23.6 Å². The molecule has 0 saturated carbocycles. The second-order valence-electron chi connectivity index (χ2n) is 7.72. The third-order valence-corrected chi connectivity index (χ3v) is 6.89. The van der Waals surface area contributed by atoms with Crippen molar-refractivity contribution in [2.24, 2.45) is 0 Å². The smallest absolute Gasteiger partial charge is 0.204 e. The summed E-state index contributed by atoms with van der Waals surface area (Å²) in [4.78, 5) is 3.28. The number of hydrogen-bond donors (Lipinski definition) is 0. The van der Waals surface area contributed by atoms with Gasteiger partial charge in [-0.05, 0) is 53.5 Å². The van der Waals surface area contributed by atoms with Gasteiger partial charge in [0.05, 0.1) is 37.1 Å². The number of morpholine rings is 1. The maximum Gasteiger partial charge on any atom is 0.204 e. The molecule has 33 heavy (non-hydrogen) atoms. The van der Waals surface area contributed by atoms with Crippen LogP contribution in [-0.2, 0) is 11.4 Å². The lowest BCUT2D eigenvalue weighted by Gasteiger charge is -2.32. The van der Waals surface area contributed by atoms with E-state index in [0.717, 1.165) is 34.2 Å². The minimum Gasteiger partial charge on any atom is -0.495 e. The molecule has 2 aromatic heterocycles. The van der Waals surface area contributed by atoms with E-state index in [0.29, 0.717) is 24.6 Å². The minimum absolute atomic E-state index is 0.124. The van der Waals surface area contributed by atoms with Crippen LogP contribution in [-0.4, -0.2) is 46.1 Å². The molecule has 1 saturated heterocycles. The number of nitrogens with zero attached hydrogens (tertiary/aromatic N) is 4. The quantitative estimate of drug-likeness (QED) is 0.349. The summed E-state index contributed by atoms with van der Waals surface area (Å²) in [5.41, 5.74) is 1.81. The van der Waals surface area contributed by atoms with Gasteiger partial charge < -0.3 is 9.47 Å². The highest BCUT2D eigenvalue weighted by Crippen LogP contribution is 2.31. The number of halogens is 1. The average Bonchev–Trinajstić information content (AvgIpc) is 3.48. The fourth-order valence-corrected chi connectivity index (χ4v) is 4.98. The summed E-state index contributed by atoms with van der Waals surface area (Å²) in [7, 11) is 1.65. The van der Waals surface area contributed by atoms with Crippen LogP contribution in [0.3, 0.4) is 0 Å². The predicted molar refractivity (Wildman–Crippen MR) is 129 cm³/mol. The summed E-state index contributed by atoms with van der Waals surface area (Å²) < 4.78 is 29.3. The number of thiophene rings is 1. The van der Waals surface area contributed by atoms with Crippen molar-refractivity contribution in [2.45, 2.75) is 12.8 Å². The van der Waals surface area contributed by atoms with Gasteiger partial charge in [-0.25, -0.2) is 9.07 Å². The van der Waals surface area contributed by atoms with Crippen LogP contribution in [0.4, 0.5) is 4.39 Å². The maximum absolute atomic E-state index is 13.3. The first-order valence-corrected chi connectivity index (χ1v) is 11.9. The SMILES string of the molecule is COc1ccccc1-n1c(-c2cccs2)nn(CN2CCO[C@H](c3ccc(F)cc3)C2)c1=S. The van der Waals surface area contributed by atoms with Gasteiger partial charge in [-0.1, -0.05) is 30.3 Å². The van der Waals surface area contributed by atoms with Crippen LogP contribution >= 0.6 is 23.6 Å². The van der Waals surface area contributed by atoms with Crippen LogP contribution in [0.1, 0.15) is 11.7 Å². The summed E-state index contributed by atoms with van der Waals surface area (Å²) in [5, 5.41) is 6.93. The Hall–Kier alpha value is -2.85. The van der Waals surface area contributed by atoms with Crippen LogP contribution in [0.15, 0.2) is 66.0 Å². The van der Waals surface area contributed by atoms with Crippen LogP contribution in [0.2, 0.25) is 0 Å². The van der Waals surface area contributed by atoms with Crippen LogP contribution < -0.4 is 4.74 Å². The van der Waals surface area contributed by atoms with Crippen molar-refractivity contribution in [1.82, 2.24) is 19.2 Å². The molecule has 1 aliphatic rings. The van der Waals surface area contributed by atoms with Crippen molar-refractivity contribution < 1.29 is 13.9 Å². The number of rotatable bonds is 6. The second kappa shape index (κ2) is 9.56. The predicted octanol–water partition coefficient (Wildman–Crippen LogP) is 5.31. The van der Waals surface area contributed by atoms with E-state index < -0.39 is 0 Å². The van der Waals surface area contributed by atoms with E-state index in [4.69, 9.17) is 26.8 Å². The fourth-order valence-electron chi connectivity index (χ4n) is 4.00. The number of hydrogen-bond acceptors (Lipinski definition) is 6. The van der Waals surface area contributed by atoms with E-state index in [1.807, 2.05) is 51.0 Å². The van der Waals surface area contributed by atoms with E-state index in [2.05, 4.69) is 4.90 Å². The second-order valence-corrected chi connectivity index (χ2v) is 9.03. The zero-order valence-corrected chi connectivity index (χ0v) is 19.7. The maximum atomic E-state index is 13.3. The third-order valence-electron chi connectivity index (χ3n) is 5.63. The Morgan fingerprint density at radius 2 is 1.97 bits per heavy atom. The summed E-state index contributed by atoms with van der Waals surface area (Å²) in [5.74, 6) is 1.26. The molecule has 0 amide bonds. The number of ether oxygens (including phenoxy) is 2. The molecule has 3 heterocycles. The molecule has 5 rings (SSSR count). The van der Waals surface area contributed by atoms with Gasteiger partial charge in [0.1, 0.15) is 11.6 Å². The topological polar surface area (TPSA) is 44.5 Å². The van der Waals surface area contributed by atoms with Crippen LogP contribution in [0.25, 0.3) is 16.4 Å². The van der Waals surface area contributed by atoms with Gasteiger partial charge >= 0.3 is 0 Å². The Kier molecular flexibility index (Phi) is 6.37. The average molecular weight is 483 g/mol. The van der Waals surface area contributed by atoms with E-state index in [1.165, 1.54) is 12.1 Å². The normalized spacial score (nSPS) is 16.7. The first kappa shape index (κ1) is 22.0. The lowest BCUT2D eigenvalue weighted by atomic mass is 10.1. The van der Waals surface area contributed by atoms with E-state index in [1.54, 1.807) is 30.6 Å². The van der Waals surface area contributed by atoms with E-state index >= 15 is 0 Å². The number of benzene rings is 2. The van der Waals surface area contributed by atoms with Gasteiger partial charge in [0.2, 0.25) is 4.77 Å². The first-order chi connectivity index (χ1) is 16.1. The van der Waals surface area contributed by atoms with Crippen molar-refractivity contribution in [3.63, 3.8) is 0 Å².